The van der Waals surface area contributed by atoms with Gasteiger partial charge in [0.2, 0.25) is 5.91 Å². The number of halogens is 8. The van der Waals surface area contributed by atoms with Crippen molar-refractivity contribution in [2.45, 2.75) is 56.0 Å². The molecule has 4 atom stereocenters. The minimum absolute atomic E-state index is 0.0135. The molecule has 16 heteroatoms. The van der Waals surface area contributed by atoms with E-state index in [4.69, 9.17) is 5.73 Å². The number of hydrogen-bond acceptors (Lipinski definition) is 5. The maximum atomic E-state index is 15.3. The highest BCUT2D eigenvalue weighted by atomic mass is 19.4. The molecule has 0 bridgehead atoms. The molecule has 0 radical (unpaired) electrons. The predicted molar refractivity (Wildman–Crippen MR) is 184 cm³/mol. The average Bonchev–Trinajstić information content (AvgIpc) is 3.78. The largest absolute Gasteiger partial charge is 0.435 e. The van der Waals surface area contributed by atoms with Crippen LogP contribution in [0.3, 0.4) is 0 Å². The SMILES string of the molecule is CC(O)(C#Cc1ccc(-c2ccc(F)c(C(N)=O)c2)c([C@H](Cc2cc(F)cc(F)c2)NC(=O)Cn2nc(C(F)(F)F)c3c2C(F)(F)[C@@H]2C[C@H]32)n1)c1ccccc1. The first-order valence-electron chi connectivity index (χ1n) is 17.1. The molecule has 2 aliphatic rings. The molecule has 2 heterocycles. The molecule has 1 unspecified atom stereocenters. The first-order valence-corrected chi connectivity index (χ1v) is 17.1. The van der Waals surface area contributed by atoms with Gasteiger partial charge in [-0.25, -0.2) is 18.2 Å². The fourth-order valence-corrected chi connectivity index (χ4v) is 7.11. The van der Waals surface area contributed by atoms with E-state index >= 15 is 8.78 Å². The van der Waals surface area contributed by atoms with E-state index in [1.165, 1.54) is 25.1 Å². The third kappa shape index (κ3) is 7.34. The Morgan fingerprint density at radius 2 is 1.71 bits per heavy atom. The predicted octanol–water partition coefficient (Wildman–Crippen LogP) is 7.05. The Morgan fingerprint density at radius 3 is 2.38 bits per heavy atom. The normalized spacial score (nSPS) is 18.2. The number of amides is 2. The van der Waals surface area contributed by atoms with Crippen LogP contribution in [-0.2, 0) is 35.5 Å². The highest BCUT2D eigenvalue weighted by Gasteiger charge is 2.68. The molecule has 2 aliphatic carbocycles. The number of fused-ring (bicyclic) bond motifs is 3. The Hall–Kier alpha value is -6.08. The van der Waals surface area contributed by atoms with Crippen molar-refractivity contribution in [3.63, 3.8) is 0 Å². The second kappa shape index (κ2) is 13.9. The number of carbonyl (C=O) groups is 2. The summed E-state index contributed by atoms with van der Waals surface area (Å²) >= 11 is 0. The van der Waals surface area contributed by atoms with Crippen molar-refractivity contribution in [2.75, 3.05) is 0 Å². The summed E-state index contributed by atoms with van der Waals surface area (Å²) in [7, 11) is 0. The van der Waals surface area contributed by atoms with Gasteiger partial charge in [0.15, 0.2) is 5.69 Å². The lowest BCUT2D eigenvalue weighted by atomic mass is 9.93. The fourth-order valence-electron chi connectivity index (χ4n) is 7.11. The summed E-state index contributed by atoms with van der Waals surface area (Å²) in [4.78, 5) is 30.4. The minimum atomic E-state index is -5.09. The van der Waals surface area contributed by atoms with Gasteiger partial charge >= 0.3 is 6.18 Å². The number of alkyl halides is 5. The molecule has 7 rings (SSSR count). The van der Waals surface area contributed by atoms with Crippen molar-refractivity contribution in [3.8, 4) is 23.0 Å². The maximum Gasteiger partial charge on any atom is 0.435 e. The van der Waals surface area contributed by atoms with Gasteiger partial charge in [0.1, 0.15) is 41.0 Å². The number of pyridine rings is 1. The lowest BCUT2D eigenvalue weighted by Crippen LogP contribution is -2.35. The molecule has 4 N–H and O–H groups in total. The van der Waals surface area contributed by atoms with Crippen LogP contribution in [0.1, 0.15) is 75.1 Å². The third-order valence-electron chi connectivity index (χ3n) is 9.76. The lowest BCUT2D eigenvalue weighted by molar-refractivity contribution is -0.142. The molecule has 288 valence electrons. The minimum Gasteiger partial charge on any atom is -0.374 e. The summed E-state index contributed by atoms with van der Waals surface area (Å²) in [6.07, 6.45) is -5.69. The van der Waals surface area contributed by atoms with Crippen molar-refractivity contribution < 1.29 is 49.8 Å². The highest BCUT2D eigenvalue weighted by molar-refractivity contribution is 5.94. The molecule has 3 aromatic carbocycles. The van der Waals surface area contributed by atoms with E-state index in [9.17, 15) is 41.0 Å². The second-order valence-corrected chi connectivity index (χ2v) is 13.8. The number of nitrogens with one attached hydrogen (secondary N) is 1. The molecule has 8 nitrogen and oxygen atoms in total. The van der Waals surface area contributed by atoms with Crippen LogP contribution in [0.4, 0.5) is 35.1 Å². The van der Waals surface area contributed by atoms with Crippen molar-refractivity contribution in [3.05, 3.63) is 141 Å². The topological polar surface area (TPSA) is 123 Å². The van der Waals surface area contributed by atoms with Gasteiger partial charge in [0.25, 0.3) is 11.8 Å². The van der Waals surface area contributed by atoms with E-state index in [-0.39, 0.29) is 34.5 Å². The number of aromatic nitrogens is 3. The summed E-state index contributed by atoms with van der Waals surface area (Å²) in [5, 5.41) is 17.1. The van der Waals surface area contributed by atoms with E-state index in [0.29, 0.717) is 16.3 Å². The Labute approximate surface area is 313 Å². The van der Waals surface area contributed by atoms with Crippen LogP contribution in [-0.4, -0.2) is 31.7 Å². The van der Waals surface area contributed by atoms with Gasteiger partial charge in [0.05, 0.1) is 17.3 Å². The first-order chi connectivity index (χ1) is 26.3. The van der Waals surface area contributed by atoms with Gasteiger partial charge in [-0.15, -0.1) is 0 Å². The van der Waals surface area contributed by atoms with Crippen molar-refractivity contribution in [1.29, 1.82) is 0 Å². The van der Waals surface area contributed by atoms with Gasteiger partial charge in [-0.2, -0.15) is 27.1 Å². The summed E-state index contributed by atoms with van der Waals surface area (Å²) in [5.74, 6) is -5.84. The second-order valence-electron chi connectivity index (χ2n) is 13.8. The zero-order valence-corrected chi connectivity index (χ0v) is 29.1. The summed E-state index contributed by atoms with van der Waals surface area (Å²) in [6, 6.07) is 15.6. The zero-order chi connectivity index (χ0) is 40.3. The molecule has 56 heavy (non-hydrogen) atoms. The number of benzene rings is 3. The van der Waals surface area contributed by atoms with E-state index in [0.717, 1.165) is 24.3 Å². The summed E-state index contributed by atoms with van der Waals surface area (Å²) < 4.78 is 116. The number of nitrogens with zero attached hydrogens (tertiary/aromatic N) is 3. The molecular formula is C40H29F8N5O3. The number of hydrogen-bond donors (Lipinski definition) is 3. The third-order valence-corrected chi connectivity index (χ3v) is 9.76. The van der Waals surface area contributed by atoms with E-state index in [2.05, 4.69) is 27.2 Å². The summed E-state index contributed by atoms with van der Waals surface area (Å²) in [6.45, 7) is 0.317. The first kappa shape index (κ1) is 38.2. The van der Waals surface area contributed by atoms with Crippen molar-refractivity contribution in [2.24, 2.45) is 11.7 Å². The lowest BCUT2D eigenvalue weighted by Gasteiger charge is -2.23. The monoisotopic (exact) mass is 779 g/mol. The van der Waals surface area contributed by atoms with Gasteiger partial charge < -0.3 is 16.2 Å². The van der Waals surface area contributed by atoms with Crippen LogP contribution in [0.15, 0.2) is 78.9 Å². The molecule has 1 fully saturated rings. The van der Waals surface area contributed by atoms with Gasteiger partial charge in [0, 0.05) is 23.1 Å². The Kier molecular flexibility index (Phi) is 9.48. The molecule has 0 aliphatic heterocycles. The van der Waals surface area contributed by atoms with E-state index < -0.39 is 100 Å². The molecule has 2 aromatic heterocycles. The van der Waals surface area contributed by atoms with Crippen LogP contribution in [0.5, 0.6) is 0 Å². The van der Waals surface area contributed by atoms with Crippen LogP contribution in [0.2, 0.25) is 0 Å². The van der Waals surface area contributed by atoms with E-state index in [1.54, 1.807) is 30.3 Å². The summed E-state index contributed by atoms with van der Waals surface area (Å²) in [5.41, 5.74) is 0.509. The average molecular weight is 780 g/mol. The number of primary amides is 1. The molecule has 2 amide bonds. The van der Waals surface area contributed by atoms with Crippen LogP contribution >= 0.6 is 0 Å². The smallest absolute Gasteiger partial charge is 0.374 e. The van der Waals surface area contributed by atoms with Crippen molar-refractivity contribution >= 4 is 11.8 Å². The van der Waals surface area contributed by atoms with E-state index in [1.807, 2.05) is 0 Å². The van der Waals surface area contributed by atoms with Crippen LogP contribution < -0.4 is 11.1 Å². The molecular weight excluding hydrogens is 750 g/mol. The molecule has 0 spiro atoms. The highest BCUT2D eigenvalue weighted by Crippen LogP contribution is 2.68. The van der Waals surface area contributed by atoms with Gasteiger partial charge in [-0.1, -0.05) is 42.3 Å². The molecule has 1 saturated carbocycles. The molecule has 5 aromatic rings. The van der Waals surface area contributed by atoms with Gasteiger partial charge in [-0.3, -0.25) is 14.3 Å². The number of carbonyl (C=O) groups excluding carboxylic acids is 2. The van der Waals surface area contributed by atoms with Crippen LogP contribution in [0, 0.1) is 35.2 Å². The number of nitrogens with two attached hydrogens (primary N) is 1. The Balaban J connectivity index is 1.34. The van der Waals surface area contributed by atoms with Crippen LogP contribution in [0.25, 0.3) is 11.1 Å². The maximum absolute atomic E-state index is 15.3. The number of rotatable bonds is 9. The van der Waals surface area contributed by atoms with Gasteiger partial charge in [-0.05, 0) is 84.7 Å². The molecule has 0 saturated heterocycles. The number of aliphatic hydroxyl groups is 1. The zero-order valence-electron chi connectivity index (χ0n) is 29.1. The van der Waals surface area contributed by atoms with Crippen molar-refractivity contribution in [1.82, 2.24) is 20.1 Å². The fraction of sp³-hybridized carbons (Fsp3) is 0.250. The Bertz CT molecular complexity index is 2430. The Morgan fingerprint density at radius 1 is 1.02 bits per heavy atom. The quantitative estimate of drug-likeness (QED) is 0.109. The standard InChI is InChI=1S/C40H29F8N5O3/c1-38(56,22-5-3-2-4-6-22)12-11-25-8-9-26(21-7-10-30(43)28(16-21)37(49)55)34(50-25)31(15-20-13-23(41)17-24(42)14-20)51-32(54)19-53-36-33(35(52-53)40(46,47)48)27-18-29(27)39(36,44)45/h2-10,13-14,16-17,27,29,31,56H,15,18-19H2,1H3,(H2,49,55)(H,51,54)/t27-,29+,31-,38?/m0/s1.